The molecule has 4 nitrogen and oxygen atoms in total. The zero-order valence-corrected chi connectivity index (χ0v) is 12.5. The number of hydrogen-bond donors (Lipinski definition) is 2. The van der Waals surface area contributed by atoms with E-state index in [-0.39, 0.29) is 23.3 Å². The fourth-order valence-corrected chi connectivity index (χ4v) is 2.70. The van der Waals surface area contributed by atoms with Crippen molar-refractivity contribution in [1.82, 2.24) is 5.32 Å². The number of amides is 1. The van der Waals surface area contributed by atoms with E-state index in [9.17, 15) is 18.7 Å². The molecular weight excluding hydrogens is 304 g/mol. The van der Waals surface area contributed by atoms with E-state index in [1.54, 1.807) is 19.3 Å². The third-order valence-electron chi connectivity index (χ3n) is 4.16. The Morgan fingerprint density at radius 2 is 2.13 bits per heavy atom. The minimum absolute atomic E-state index is 0.0672. The van der Waals surface area contributed by atoms with Gasteiger partial charge in [0.2, 0.25) is 5.91 Å². The number of benzene rings is 1. The van der Waals surface area contributed by atoms with E-state index in [0.717, 1.165) is 17.9 Å². The lowest BCUT2D eigenvalue weighted by molar-refractivity contribution is -0.123. The lowest BCUT2D eigenvalue weighted by atomic mass is 10.0. The first-order chi connectivity index (χ1) is 11.0. The minimum Gasteiger partial charge on any atom is -0.469 e. The summed E-state index contributed by atoms with van der Waals surface area (Å²) in [6.07, 6.45) is 1.15. The van der Waals surface area contributed by atoms with E-state index in [1.165, 1.54) is 6.07 Å². The monoisotopic (exact) mass is 321 g/mol. The predicted octanol–water partition coefficient (Wildman–Crippen LogP) is 2.90. The molecule has 1 aromatic heterocycles. The Labute approximate surface area is 132 Å². The van der Waals surface area contributed by atoms with Gasteiger partial charge in [-0.25, -0.2) is 8.78 Å². The van der Waals surface area contributed by atoms with Crippen molar-refractivity contribution in [3.8, 4) is 0 Å². The molecule has 2 N–H and O–H groups in total. The molecule has 4 atom stereocenters. The van der Waals surface area contributed by atoms with Crippen molar-refractivity contribution in [2.45, 2.75) is 31.4 Å². The van der Waals surface area contributed by atoms with Gasteiger partial charge in [-0.3, -0.25) is 4.79 Å². The lowest BCUT2D eigenvalue weighted by Crippen LogP contribution is -2.38. The molecule has 1 aliphatic rings. The van der Waals surface area contributed by atoms with Gasteiger partial charge in [-0.15, -0.1) is 0 Å². The Morgan fingerprint density at radius 1 is 1.35 bits per heavy atom. The molecule has 0 saturated heterocycles. The quantitative estimate of drug-likeness (QED) is 0.890. The molecule has 122 valence electrons. The van der Waals surface area contributed by atoms with Gasteiger partial charge in [-0.05, 0) is 43.2 Å². The SMILES string of the molecule is CC(NC(=O)C1CC1c1ccco1)C(O)c1ccc(F)c(F)c1. The van der Waals surface area contributed by atoms with Crippen LogP contribution in [0, 0.1) is 17.6 Å². The molecule has 3 rings (SSSR count). The van der Waals surface area contributed by atoms with Crippen LogP contribution in [0.3, 0.4) is 0 Å². The number of nitrogens with one attached hydrogen (secondary N) is 1. The first-order valence-electron chi connectivity index (χ1n) is 7.44. The highest BCUT2D eigenvalue weighted by molar-refractivity contribution is 5.83. The van der Waals surface area contributed by atoms with Gasteiger partial charge in [0.15, 0.2) is 11.6 Å². The minimum atomic E-state index is -1.12. The van der Waals surface area contributed by atoms with Crippen molar-refractivity contribution >= 4 is 5.91 Å². The number of aliphatic hydroxyl groups is 1. The molecule has 0 bridgehead atoms. The highest BCUT2D eigenvalue weighted by Crippen LogP contribution is 2.47. The van der Waals surface area contributed by atoms with Crippen LogP contribution in [0.2, 0.25) is 0 Å². The Morgan fingerprint density at radius 3 is 2.78 bits per heavy atom. The van der Waals surface area contributed by atoms with Crippen molar-refractivity contribution in [3.63, 3.8) is 0 Å². The standard InChI is InChI=1S/C17H17F2NO3/c1-9(16(21)10-4-5-13(18)14(19)7-10)20-17(22)12-8-11(12)15-3-2-6-23-15/h2-7,9,11-12,16,21H,8H2,1H3,(H,20,22). The molecule has 6 heteroatoms. The van der Waals surface area contributed by atoms with Crippen LogP contribution in [-0.4, -0.2) is 17.1 Å². The van der Waals surface area contributed by atoms with Gasteiger partial charge in [0.05, 0.1) is 18.4 Å². The molecule has 23 heavy (non-hydrogen) atoms. The van der Waals surface area contributed by atoms with Crippen LogP contribution in [-0.2, 0) is 4.79 Å². The van der Waals surface area contributed by atoms with Gasteiger partial charge >= 0.3 is 0 Å². The third-order valence-corrected chi connectivity index (χ3v) is 4.16. The second-order valence-corrected chi connectivity index (χ2v) is 5.88. The summed E-state index contributed by atoms with van der Waals surface area (Å²) in [6, 6.07) is 6.18. The summed E-state index contributed by atoms with van der Waals surface area (Å²) < 4.78 is 31.4. The first kappa shape index (κ1) is 15.7. The van der Waals surface area contributed by atoms with Crippen molar-refractivity contribution in [3.05, 3.63) is 59.6 Å². The Hall–Kier alpha value is -2.21. The normalized spacial score (nSPS) is 22.4. The lowest BCUT2D eigenvalue weighted by Gasteiger charge is -2.21. The van der Waals surface area contributed by atoms with Crippen molar-refractivity contribution in [2.75, 3.05) is 0 Å². The summed E-state index contributed by atoms with van der Waals surface area (Å²) in [5.41, 5.74) is 0.218. The van der Waals surface area contributed by atoms with Crippen LogP contribution in [0.1, 0.15) is 36.7 Å². The van der Waals surface area contributed by atoms with Gasteiger partial charge in [0.1, 0.15) is 5.76 Å². The predicted molar refractivity (Wildman–Crippen MR) is 78.5 cm³/mol. The summed E-state index contributed by atoms with van der Waals surface area (Å²) in [4.78, 5) is 12.2. The summed E-state index contributed by atoms with van der Waals surface area (Å²) in [5, 5.41) is 12.9. The molecule has 1 aliphatic carbocycles. The van der Waals surface area contributed by atoms with Gasteiger partial charge < -0.3 is 14.8 Å². The van der Waals surface area contributed by atoms with Crippen LogP contribution in [0.15, 0.2) is 41.0 Å². The van der Waals surface area contributed by atoms with Crippen molar-refractivity contribution in [1.29, 1.82) is 0 Å². The van der Waals surface area contributed by atoms with Crippen LogP contribution in [0.4, 0.5) is 8.78 Å². The summed E-state index contributed by atoms with van der Waals surface area (Å²) in [5.74, 6) is -1.52. The van der Waals surface area contributed by atoms with Gasteiger partial charge in [0, 0.05) is 11.8 Å². The van der Waals surface area contributed by atoms with E-state index in [2.05, 4.69) is 5.32 Å². The van der Waals surface area contributed by atoms with Crippen LogP contribution in [0.5, 0.6) is 0 Å². The summed E-state index contributed by atoms with van der Waals surface area (Å²) >= 11 is 0. The van der Waals surface area contributed by atoms with Crippen LogP contribution >= 0.6 is 0 Å². The number of carbonyl (C=O) groups excluding carboxylic acids is 1. The van der Waals surface area contributed by atoms with E-state index >= 15 is 0 Å². The second-order valence-electron chi connectivity index (χ2n) is 5.88. The largest absolute Gasteiger partial charge is 0.469 e. The average molecular weight is 321 g/mol. The summed E-state index contributed by atoms with van der Waals surface area (Å²) in [6.45, 7) is 1.62. The van der Waals surface area contributed by atoms with Gasteiger partial charge in [-0.2, -0.15) is 0 Å². The Bertz CT molecular complexity index is 702. The molecule has 1 aromatic carbocycles. The van der Waals surface area contributed by atoms with Crippen molar-refractivity contribution < 1.29 is 23.1 Å². The first-order valence-corrected chi connectivity index (χ1v) is 7.44. The molecule has 1 fully saturated rings. The molecule has 1 heterocycles. The third kappa shape index (κ3) is 3.27. The van der Waals surface area contributed by atoms with E-state index < -0.39 is 23.8 Å². The van der Waals surface area contributed by atoms with Gasteiger partial charge in [-0.1, -0.05) is 6.07 Å². The zero-order valence-electron chi connectivity index (χ0n) is 12.5. The fourth-order valence-electron chi connectivity index (χ4n) is 2.70. The molecule has 0 aliphatic heterocycles. The van der Waals surface area contributed by atoms with E-state index in [1.807, 2.05) is 6.07 Å². The van der Waals surface area contributed by atoms with E-state index in [0.29, 0.717) is 6.42 Å². The molecule has 1 saturated carbocycles. The average Bonchev–Trinajstić information content (AvgIpc) is 3.15. The van der Waals surface area contributed by atoms with Crippen LogP contribution in [0.25, 0.3) is 0 Å². The number of hydrogen-bond acceptors (Lipinski definition) is 3. The number of furan rings is 1. The fraction of sp³-hybridized carbons (Fsp3) is 0.353. The maximum absolute atomic E-state index is 13.2. The molecule has 0 radical (unpaired) electrons. The van der Waals surface area contributed by atoms with E-state index in [4.69, 9.17) is 4.42 Å². The highest BCUT2D eigenvalue weighted by Gasteiger charge is 2.46. The van der Waals surface area contributed by atoms with Gasteiger partial charge in [0.25, 0.3) is 0 Å². The smallest absolute Gasteiger partial charge is 0.224 e. The molecular formula is C17H17F2NO3. The molecule has 4 unspecified atom stereocenters. The topological polar surface area (TPSA) is 62.5 Å². The maximum atomic E-state index is 13.2. The van der Waals surface area contributed by atoms with Crippen LogP contribution < -0.4 is 5.32 Å². The zero-order chi connectivity index (χ0) is 16.6. The van der Waals surface area contributed by atoms with Crippen molar-refractivity contribution in [2.24, 2.45) is 5.92 Å². The summed E-state index contributed by atoms with van der Waals surface area (Å²) in [7, 11) is 0. The number of rotatable bonds is 5. The molecule has 1 amide bonds. The molecule has 2 aromatic rings. The molecule has 0 spiro atoms. The Balaban J connectivity index is 1.59. The number of carbonyl (C=O) groups is 1. The Kier molecular flexibility index (Phi) is 4.17. The number of aliphatic hydroxyl groups excluding tert-OH is 1. The highest BCUT2D eigenvalue weighted by atomic mass is 19.2. The number of halogens is 2. The second kappa shape index (κ2) is 6.12. The maximum Gasteiger partial charge on any atom is 0.224 e.